The number of pyridine rings is 1. The summed E-state index contributed by atoms with van der Waals surface area (Å²) in [5.41, 5.74) is 1.21. The smallest absolute Gasteiger partial charge is 0.0442 e. The van der Waals surface area contributed by atoms with Crippen molar-refractivity contribution in [1.82, 2.24) is 4.98 Å². The van der Waals surface area contributed by atoms with Gasteiger partial charge in [-0.2, -0.15) is 0 Å². The summed E-state index contributed by atoms with van der Waals surface area (Å²) in [5, 5.41) is 0. The van der Waals surface area contributed by atoms with Crippen LogP contribution in [0.25, 0.3) is 0 Å². The zero-order chi connectivity index (χ0) is 9.97. The molecule has 1 aliphatic carbocycles. The Bertz CT molecular complexity index is 282. The Morgan fingerprint density at radius 2 is 2.21 bits per heavy atom. The molecule has 2 unspecified atom stereocenters. The lowest BCUT2D eigenvalue weighted by atomic mass is 9.78. The molecule has 0 amide bonds. The van der Waals surface area contributed by atoms with Crippen LogP contribution in [0, 0.1) is 5.92 Å². The Kier molecular flexibility index (Phi) is 3.22. The first-order valence-corrected chi connectivity index (χ1v) is 6.25. The molecule has 76 valence electrons. The third-order valence-corrected chi connectivity index (χ3v) is 4.77. The first kappa shape index (κ1) is 10.2. The number of aromatic nitrogens is 1. The fraction of sp³-hybridized carbons (Fsp3) is 0.583. The molecule has 1 nitrogen and oxygen atoms in total. The number of nitrogens with zero attached hydrogens (tertiary/aromatic N) is 1. The predicted octanol–water partition coefficient (Wildman–Crippen LogP) is 3.75. The summed E-state index contributed by atoms with van der Waals surface area (Å²) in [7, 11) is 0. The van der Waals surface area contributed by atoms with Gasteiger partial charge in [-0.05, 0) is 30.9 Å². The highest BCUT2D eigenvalue weighted by Gasteiger charge is 2.30. The van der Waals surface area contributed by atoms with Crippen molar-refractivity contribution in [2.45, 2.75) is 36.9 Å². The molecule has 2 atom stereocenters. The van der Waals surface area contributed by atoms with Crippen molar-refractivity contribution < 1.29 is 0 Å². The van der Waals surface area contributed by atoms with Gasteiger partial charge >= 0.3 is 0 Å². The predicted molar refractivity (Wildman–Crippen MR) is 62.7 cm³/mol. The largest absolute Gasteiger partial charge is 0.261 e. The first-order chi connectivity index (χ1) is 6.79. The highest BCUT2D eigenvalue weighted by Crippen LogP contribution is 2.39. The summed E-state index contributed by atoms with van der Waals surface area (Å²) < 4.78 is 0. The fourth-order valence-corrected chi connectivity index (χ4v) is 2.77. The van der Waals surface area contributed by atoms with Gasteiger partial charge in [0.15, 0.2) is 0 Å². The van der Waals surface area contributed by atoms with Gasteiger partial charge in [0.25, 0.3) is 0 Å². The number of alkyl halides is 1. The molecule has 0 aliphatic heterocycles. The van der Waals surface area contributed by atoms with Gasteiger partial charge in [-0.1, -0.05) is 35.3 Å². The molecular weight excluding hydrogens is 238 g/mol. The van der Waals surface area contributed by atoms with Crippen molar-refractivity contribution in [3.05, 3.63) is 30.1 Å². The van der Waals surface area contributed by atoms with E-state index in [2.05, 4.69) is 40.0 Å². The molecule has 0 spiro atoms. The molecule has 0 saturated heterocycles. The minimum Gasteiger partial charge on any atom is -0.261 e. The van der Waals surface area contributed by atoms with E-state index in [1.807, 2.05) is 12.3 Å². The second-order valence-corrected chi connectivity index (χ2v) is 5.24. The third-order valence-electron chi connectivity index (χ3n) is 3.23. The van der Waals surface area contributed by atoms with E-state index in [0.29, 0.717) is 10.7 Å². The molecule has 2 rings (SSSR count). The molecule has 0 radical (unpaired) electrons. The highest BCUT2D eigenvalue weighted by molar-refractivity contribution is 9.09. The van der Waals surface area contributed by atoms with E-state index in [0.717, 1.165) is 5.92 Å². The van der Waals surface area contributed by atoms with Crippen molar-refractivity contribution >= 4 is 15.9 Å². The summed E-state index contributed by atoms with van der Waals surface area (Å²) in [6, 6.07) is 6.17. The van der Waals surface area contributed by atoms with E-state index in [-0.39, 0.29) is 0 Å². The maximum Gasteiger partial charge on any atom is 0.0442 e. The number of rotatable bonds is 3. The molecule has 1 fully saturated rings. The van der Waals surface area contributed by atoms with E-state index < -0.39 is 0 Å². The fourth-order valence-electron chi connectivity index (χ4n) is 1.97. The van der Waals surface area contributed by atoms with Gasteiger partial charge in [0.2, 0.25) is 0 Å². The van der Waals surface area contributed by atoms with Crippen LogP contribution in [0.3, 0.4) is 0 Å². The van der Waals surface area contributed by atoms with Gasteiger partial charge in [0, 0.05) is 22.6 Å². The van der Waals surface area contributed by atoms with Crippen LogP contribution in [0.1, 0.15) is 37.8 Å². The van der Waals surface area contributed by atoms with Crippen molar-refractivity contribution in [2.24, 2.45) is 5.92 Å². The topological polar surface area (TPSA) is 12.9 Å². The molecule has 14 heavy (non-hydrogen) atoms. The summed E-state index contributed by atoms with van der Waals surface area (Å²) in [6.45, 7) is 2.26. The summed E-state index contributed by atoms with van der Waals surface area (Å²) in [6.07, 6.45) is 6.05. The second kappa shape index (κ2) is 4.43. The average Bonchev–Trinajstić information content (AvgIpc) is 2.15. The zero-order valence-electron chi connectivity index (χ0n) is 8.49. The molecule has 0 aromatic carbocycles. The van der Waals surface area contributed by atoms with Crippen LogP contribution in [0.2, 0.25) is 0 Å². The minimum absolute atomic E-state index is 0.529. The van der Waals surface area contributed by atoms with Crippen LogP contribution in [0.15, 0.2) is 24.4 Å². The molecular formula is C12H16BrN. The summed E-state index contributed by atoms with van der Waals surface area (Å²) in [5.74, 6) is 1.40. The molecule has 1 aromatic heterocycles. The third kappa shape index (κ3) is 2.00. The van der Waals surface area contributed by atoms with Crippen LogP contribution >= 0.6 is 15.9 Å². The van der Waals surface area contributed by atoms with Gasteiger partial charge in [0.1, 0.15) is 0 Å². The SMILES string of the molecule is CC(c1ccccn1)C(Br)C1CCC1. The van der Waals surface area contributed by atoms with Crippen LogP contribution in [0.5, 0.6) is 0 Å². The van der Waals surface area contributed by atoms with E-state index >= 15 is 0 Å². The normalized spacial score (nSPS) is 21.3. The summed E-state index contributed by atoms with van der Waals surface area (Å²) >= 11 is 3.82. The molecule has 1 heterocycles. The maximum atomic E-state index is 4.41. The van der Waals surface area contributed by atoms with Crippen molar-refractivity contribution in [1.29, 1.82) is 0 Å². The van der Waals surface area contributed by atoms with Crippen LogP contribution in [-0.4, -0.2) is 9.81 Å². The van der Waals surface area contributed by atoms with Crippen molar-refractivity contribution in [3.63, 3.8) is 0 Å². The monoisotopic (exact) mass is 253 g/mol. The lowest BCUT2D eigenvalue weighted by Crippen LogP contribution is -2.26. The van der Waals surface area contributed by atoms with Gasteiger partial charge < -0.3 is 0 Å². The molecule has 0 bridgehead atoms. The molecule has 2 heteroatoms. The maximum absolute atomic E-state index is 4.41. The Morgan fingerprint density at radius 1 is 1.43 bits per heavy atom. The molecule has 1 aromatic rings. The first-order valence-electron chi connectivity index (χ1n) is 5.34. The Labute approximate surface area is 94.1 Å². The van der Waals surface area contributed by atoms with Crippen molar-refractivity contribution in [3.8, 4) is 0 Å². The molecule has 1 aliphatic rings. The minimum atomic E-state index is 0.529. The average molecular weight is 254 g/mol. The second-order valence-electron chi connectivity index (χ2n) is 4.18. The van der Waals surface area contributed by atoms with Crippen molar-refractivity contribution in [2.75, 3.05) is 0 Å². The van der Waals surface area contributed by atoms with Crippen LogP contribution < -0.4 is 0 Å². The van der Waals surface area contributed by atoms with Gasteiger partial charge in [0.05, 0.1) is 0 Å². The van der Waals surface area contributed by atoms with E-state index in [1.165, 1.54) is 25.0 Å². The van der Waals surface area contributed by atoms with Gasteiger partial charge in [-0.15, -0.1) is 0 Å². The summed E-state index contributed by atoms with van der Waals surface area (Å²) in [4.78, 5) is 5.01. The van der Waals surface area contributed by atoms with Crippen LogP contribution in [-0.2, 0) is 0 Å². The standard InChI is InChI=1S/C12H16BrN/c1-9(11-7-2-3-8-14-11)12(13)10-5-4-6-10/h2-3,7-10,12H,4-6H2,1H3. The Hall–Kier alpha value is -0.370. The lowest BCUT2D eigenvalue weighted by Gasteiger charge is -2.33. The van der Waals surface area contributed by atoms with Gasteiger partial charge in [-0.3, -0.25) is 4.98 Å². The number of halogens is 1. The Morgan fingerprint density at radius 3 is 2.71 bits per heavy atom. The zero-order valence-corrected chi connectivity index (χ0v) is 10.1. The van der Waals surface area contributed by atoms with E-state index in [1.54, 1.807) is 0 Å². The highest BCUT2D eigenvalue weighted by atomic mass is 79.9. The quantitative estimate of drug-likeness (QED) is 0.748. The molecule has 1 saturated carbocycles. The molecule has 0 N–H and O–H groups in total. The number of hydrogen-bond acceptors (Lipinski definition) is 1. The van der Waals surface area contributed by atoms with E-state index in [4.69, 9.17) is 0 Å². The number of hydrogen-bond donors (Lipinski definition) is 0. The van der Waals surface area contributed by atoms with Crippen LogP contribution in [0.4, 0.5) is 0 Å². The van der Waals surface area contributed by atoms with Gasteiger partial charge in [-0.25, -0.2) is 0 Å². The Balaban J connectivity index is 2.03. The lowest BCUT2D eigenvalue weighted by molar-refractivity contribution is 0.293. The van der Waals surface area contributed by atoms with E-state index in [9.17, 15) is 0 Å².